The van der Waals surface area contributed by atoms with E-state index in [0.717, 1.165) is 19.3 Å². The lowest BCUT2D eigenvalue weighted by Gasteiger charge is -2.14. The SMILES string of the molecule is CC(C)NC(=O)COC1C#CCCCCC1. The summed E-state index contributed by atoms with van der Waals surface area (Å²) in [4.78, 5) is 11.4. The summed E-state index contributed by atoms with van der Waals surface area (Å²) in [6.07, 6.45) is 5.39. The van der Waals surface area contributed by atoms with Gasteiger partial charge in [-0.25, -0.2) is 0 Å². The summed E-state index contributed by atoms with van der Waals surface area (Å²) in [7, 11) is 0. The number of carbonyl (C=O) groups is 1. The number of carbonyl (C=O) groups excluding carboxylic acids is 1. The molecule has 1 aliphatic rings. The van der Waals surface area contributed by atoms with Crippen LogP contribution >= 0.6 is 0 Å². The van der Waals surface area contributed by atoms with E-state index in [-0.39, 0.29) is 24.7 Å². The van der Waals surface area contributed by atoms with E-state index in [1.807, 2.05) is 13.8 Å². The van der Waals surface area contributed by atoms with Crippen LogP contribution in [0.3, 0.4) is 0 Å². The lowest BCUT2D eigenvalue weighted by Crippen LogP contribution is -2.34. The molecular weight excluding hydrogens is 202 g/mol. The van der Waals surface area contributed by atoms with Crippen molar-refractivity contribution >= 4 is 5.91 Å². The van der Waals surface area contributed by atoms with Crippen molar-refractivity contribution in [2.75, 3.05) is 6.61 Å². The van der Waals surface area contributed by atoms with Gasteiger partial charge in [0, 0.05) is 12.5 Å². The quantitative estimate of drug-likeness (QED) is 0.739. The van der Waals surface area contributed by atoms with E-state index in [4.69, 9.17) is 4.74 Å². The highest BCUT2D eigenvalue weighted by Gasteiger charge is 2.10. The summed E-state index contributed by atoms with van der Waals surface area (Å²) in [6.45, 7) is 4.00. The Bertz CT molecular complexity index is 275. The fourth-order valence-electron chi connectivity index (χ4n) is 1.64. The van der Waals surface area contributed by atoms with Gasteiger partial charge in [0.15, 0.2) is 0 Å². The largest absolute Gasteiger partial charge is 0.356 e. The first kappa shape index (κ1) is 13.1. The molecule has 90 valence electrons. The number of hydrogen-bond donors (Lipinski definition) is 1. The molecule has 0 spiro atoms. The van der Waals surface area contributed by atoms with E-state index in [2.05, 4.69) is 17.2 Å². The van der Waals surface area contributed by atoms with E-state index in [1.54, 1.807) is 0 Å². The fourth-order valence-corrected chi connectivity index (χ4v) is 1.64. The summed E-state index contributed by atoms with van der Waals surface area (Å²) < 4.78 is 5.50. The minimum atomic E-state index is -0.0572. The van der Waals surface area contributed by atoms with Gasteiger partial charge in [-0.3, -0.25) is 4.79 Å². The third-order valence-electron chi connectivity index (χ3n) is 2.40. The molecule has 0 saturated heterocycles. The van der Waals surface area contributed by atoms with Crippen molar-refractivity contribution in [3.8, 4) is 11.8 Å². The van der Waals surface area contributed by atoms with Crippen LogP contribution in [-0.4, -0.2) is 24.7 Å². The topological polar surface area (TPSA) is 38.3 Å². The Morgan fingerprint density at radius 3 is 3.00 bits per heavy atom. The van der Waals surface area contributed by atoms with Gasteiger partial charge in [0.25, 0.3) is 0 Å². The monoisotopic (exact) mass is 223 g/mol. The molecule has 0 aliphatic heterocycles. The minimum absolute atomic E-state index is 0.0566. The van der Waals surface area contributed by atoms with E-state index in [0.29, 0.717) is 0 Å². The highest BCUT2D eigenvalue weighted by Crippen LogP contribution is 2.10. The standard InChI is InChI=1S/C13H21NO2/c1-11(2)14-13(15)10-16-12-8-6-4-3-5-7-9-12/h11-12H,3-6,8,10H2,1-2H3,(H,14,15). The van der Waals surface area contributed by atoms with Crippen LogP contribution in [0, 0.1) is 11.8 Å². The molecule has 1 amide bonds. The van der Waals surface area contributed by atoms with Crippen molar-refractivity contribution in [2.24, 2.45) is 0 Å². The molecule has 16 heavy (non-hydrogen) atoms. The van der Waals surface area contributed by atoms with Gasteiger partial charge >= 0.3 is 0 Å². The molecule has 0 aromatic rings. The molecule has 3 nitrogen and oxygen atoms in total. The Kier molecular flexibility index (Phi) is 5.95. The van der Waals surface area contributed by atoms with E-state index in [9.17, 15) is 4.79 Å². The molecule has 1 atom stereocenters. The van der Waals surface area contributed by atoms with Crippen LogP contribution in [0.25, 0.3) is 0 Å². The highest BCUT2D eigenvalue weighted by atomic mass is 16.5. The summed E-state index contributed by atoms with van der Waals surface area (Å²) in [5.74, 6) is 6.12. The Morgan fingerprint density at radius 1 is 1.44 bits per heavy atom. The first-order chi connectivity index (χ1) is 7.68. The zero-order valence-electron chi connectivity index (χ0n) is 10.2. The summed E-state index contributed by atoms with van der Waals surface area (Å²) in [5, 5.41) is 2.80. The van der Waals surface area contributed by atoms with E-state index >= 15 is 0 Å². The highest BCUT2D eigenvalue weighted by molar-refractivity contribution is 5.77. The molecule has 0 radical (unpaired) electrons. The van der Waals surface area contributed by atoms with Gasteiger partial charge in [-0.05, 0) is 33.1 Å². The minimum Gasteiger partial charge on any atom is -0.356 e. The van der Waals surface area contributed by atoms with Gasteiger partial charge in [0.2, 0.25) is 5.91 Å². The van der Waals surface area contributed by atoms with Gasteiger partial charge in [0.1, 0.15) is 12.7 Å². The van der Waals surface area contributed by atoms with Crippen molar-refractivity contribution < 1.29 is 9.53 Å². The molecule has 0 aromatic carbocycles. The van der Waals surface area contributed by atoms with E-state index < -0.39 is 0 Å². The molecule has 0 bridgehead atoms. The maximum Gasteiger partial charge on any atom is 0.246 e. The van der Waals surface area contributed by atoms with Crippen LogP contribution in [-0.2, 0) is 9.53 Å². The average Bonchev–Trinajstić information content (AvgIpc) is 2.14. The molecule has 0 aromatic heterocycles. The van der Waals surface area contributed by atoms with Crippen molar-refractivity contribution in [3.05, 3.63) is 0 Å². The van der Waals surface area contributed by atoms with Gasteiger partial charge < -0.3 is 10.1 Å². The van der Waals surface area contributed by atoms with Crippen molar-refractivity contribution in [3.63, 3.8) is 0 Å². The van der Waals surface area contributed by atoms with Crippen LogP contribution in [0.5, 0.6) is 0 Å². The maximum atomic E-state index is 11.4. The number of rotatable bonds is 4. The zero-order valence-corrected chi connectivity index (χ0v) is 10.2. The Morgan fingerprint density at radius 2 is 2.25 bits per heavy atom. The Hall–Kier alpha value is -1.01. The molecule has 1 unspecified atom stereocenters. The Balaban J connectivity index is 2.27. The maximum absolute atomic E-state index is 11.4. The fraction of sp³-hybridized carbons (Fsp3) is 0.769. The van der Waals surface area contributed by atoms with E-state index in [1.165, 1.54) is 12.8 Å². The third-order valence-corrected chi connectivity index (χ3v) is 2.40. The lowest BCUT2D eigenvalue weighted by molar-refractivity contribution is -0.127. The molecule has 1 rings (SSSR count). The van der Waals surface area contributed by atoms with Crippen LogP contribution in [0.15, 0.2) is 0 Å². The van der Waals surface area contributed by atoms with Crippen LogP contribution in [0.4, 0.5) is 0 Å². The summed E-state index contributed by atoms with van der Waals surface area (Å²) in [5.41, 5.74) is 0. The molecule has 0 fully saturated rings. The van der Waals surface area contributed by atoms with Crippen LogP contribution in [0.1, 0.15) is 46.0 Å². The normalized spacial score (nSPS) is 20.6. The summed E-state index contributed by atoms with van der Waals surface area (Å²) in [6, 6.07) is 0.166. The smallest absolute Gasteiger partial charge is 0.246 e. The summed E-state index contributed by atoms with van der Waals surface area (Å²) >= 11 is 0. The van der Waals surface area contributed by atoms with Gasteiger partial charge in [-0.15, -0.1) is 5.92 Å². The predicted molar refractivity (Wildman–Crippen MR) is 63.9 cm³/mol. The number of amides is 1. The number of nitrogens with one attached hydrogen (secondary N) is 1. The molecule has 1 N–H and O–H groups in total. The molecule has 1 aliphatic carbocycles. The van der Waals surface area contributed by atoms with Crippen molar-refractivity contribution in [1.29, 1.82) is 0 Å². The zero-order chi connectivity index (χ0) is 11.8. The second-order valence-corrected chi connectivity index (χ2v) is 4.44. The van der Waals surface area contributed by atoms with Gasteiger partial charge in [0.05, 0.1) is 0 Å². The second kappa shape index (κ2) is 7.29. The average molecular weight is 223 g/mol. The lowest BCUT2D eigenvalue weighted by atomic mass is 10.1. The van der Waals surface area contributed by atoms with Gasteiger partial charge in [-0.2, -0.15) is 0 Å². The first-order valence-electron chi connectivity index (χ1n) is 6.08. The Labute approximate surface area is 97.9 Å². The van der Waals surface area contributed by atoms with Crippen LogP contribution in [0.2, 0.25) is 0 Å². The van der Waals surface area contributed by atoms with Crippen molar-refractivity contribution in [1.82, 2.24) is 5.32 Å². The number of ether oxygens (including phenoxy) is 1. The van der Waals surface area contributed by atoms with Gasteiger partial charge in [-0.1, -0.05) is 12.3 Å². The second-order valence-electron chi connectivity index (χ2n) is 4.44. The first-order valence-corrected chi connectivity index (χ1v) is 6.08. The molecule has 0 saturated carbocycles. The van der Waals surface area contributed by atoms with Crippen LogP contribution < -0.4 is 5.32 Å². The third kappa shape index (κ3) is 5.77. The molecular formula is C13H21NO2. The molecule has 0 heterocycles. The number of hydrogen-bond acceptors (Lipinski definition) is 2. The van der Waals surface area contributed by atoms with Crippen molar-refractivity contribution in [2.45, 2.75) is 58.1 Å². The molecule has 3 heteroatoms. The predicted octanol–water partition coefficient (Wildman–Crippen LogP) is 1.86.